The Morgan fingerprint density at radius 2 is 1.87 bits per heavy atom. The molecule has 14 heteroatoms. The molecular formula is C25H27Cl2F3N4O4S. The molecule has 0 saturated carbocycles. The van der Waals surface area contributed by atoms with Crippen molar-refractivity contribution >= 4 is 43.9 Å². The SMILES string of the molecule is CCCS(=O)(=O)c1ccc(Cl)cc1Cn1c(=O)[nH]c2c(Cl)c(CN3CCC[C@@H](N)C3)c(C(F)(F)F)cc2c1=O. The first-order valence-corrected chi connectivity index (χ1v) is 14.7. The molecule has 3 aromatic rings. The Kier molecular flexibility index (Phi) is 8.53. The monoisotopic (exact) mass is 606 g/mol. The van der Waals surface area contributed by atoms with Crippen LogP contribution in [0.4, 0.5) is 13.2 Å². The van der Waals surface area contributed by atoms with Crippen molar-refractivity contribution in [1.82, 2.24) is 14.5 Å². The number of nitrogens with two attached hydrogens (primary N) is 1. The van der Waals surface area contributed by atoms with E-state index in [1.165, 1.54) is 18.2 Å². The maximum absolute atomic E-state index is 14.2. The normalized spacial score (nSPS) is 17.2. The van der Waals surface area contributed by atoms with Gasteiger partial charge in [-0.15, -0.1) is 0 Å². The van der Waals surface area contributed by atoms with Crippen LogP contribution in [-0.2, 0) is 29.1 Å². The van der Waals surface area contributed by atoms with Crippen LogP contribution in [0.2, 0.25) is 10.0 Å². The Labute approximate surface area is 232 Å². The molecule has 1 fully saturated rings. The second-order valence-electron chi connectivity index (χ2n) is 9.67. The minimum absolute atomic E-state index is 0.0584. The third-order valence-electron chi connectivity index (χ3n) is 6.71. The highest BCUT2D eigenvalue weighted by Gasteiger charge is 2.36. The number of benzene rings is 2. The molecule has 8 nitrogen and oxygen atoms in total. The molecule has 0 unspecified atom stereocenters. The maximum atomic E-state index is 14.2. The van der Waals surface area contributed by atoms with Crippen molar-refractivity contribution < 1.29 is 21.6 Å². The van der Waals surface area contributed by atoms with E-state index in [2.05, 4.69) is 4.98 Å². The average Bonchev–Trinajstić information content (AvgIpc) is 2.83. The Bertz CT molecular complexity index is 1640. The minimum Gasteiger partial charge on any atom is -0.327 e. The van der Waals surface area contributed by atoms with E-state index in [1.54, 1.807) is 11.8 Å². The summed E-state index contributed by atoms with van der Waals surface area (Å²) in [5.41, 5.74) is 2.45. The van der Waals surface area contributed by atoms with Gasteiger partial charge < -0.3 is 10.7 Å². The molecular weight excluding hydrogens is 580 g/mol. The summed E-state index contributed by atoms with van der Waals surface area (Å²) in [6.07, 6.45) is -3.04. The second-order valence-corrected chi connectivity index (χ2v) is 12.6. The third kappa shape index (κ3) is 6.19. The number of sulfone groups is 1. The van der Waals surface area contributed by atoms with Crippen molar-refractivity contribution in [3.05, 3.63) is 71.8 Å². The van der Waals surface area contributed by atoms with Crippen molar-refractivity contribution in [2.75, 3.05) is 18.8 Å². The molecule has 1 saturated heterocycles. The van der Waals surface area contributed by atoms with E-state index in [0.717, 1.165) is 6.42 Å². The fourth-order valence-corrected chi connectivity index (χ4v) is 6.99. The Morgan fingerprint density at radius 3 is 2.51 bits per heavy atom. The molecule has 1 atom stereocenters. The minimum atomic E-state index is -4.84. The second kappa shape index (κ2) is 11.2. The molecule has 3 N–H and O–H groups in total. The van der Waals surface area contributed by atoms with E-state index in [1.807, 2.05) is 0 Å². The van der Waals surface area contributed by atoms with Gasteiger partial charge in [-0.25, -0.2) is 13.2 Å². The summed E-state index contributed by atoms with van der Waals surface area (Å²) in [6.45, 7) is 1.90. The molecule has 0 amide bonds. The van der Waals surface area contributed by atoms with Gasteiger partial charge in [0.2, 0.25) is 0 Å². The number of hydrogen-bond donors (Lipinski definition) is 2. The number of aromatic nitrogens is 2. The van der Waals surface area contributed by atoms with Crippen molar-refractivity contribution in [3.8, 4) is 0 Å². The lowest BCUT2D eigenvalue weighted by Gasteiger charge is -2.31. The summed E-state index contributed by atoms with van der Waals surface area (Å²) in [5, 5.41) is -0.671. The standard InChI is InChI=1S/C25H27Cl2F3N4O4S/c1-2-8-39(37,38)20-6-5-15(26)9-14(20)11-34-23(35)17-10-19(25(28,29)30)18(21(27)22(17)32-24(34)36)13-33-7-3-4-16(31)12-33/h5-6,9-10,16H,2-4,7-8,11-13,31H2,1H3,(H,32,36)/t16-/m1/s1. The molecule has 39 heavy (non-hydrogen) atoms. The molecule has 212 valence electrons. The number of alkyl halides is 3. The van der Waals surface area contributed by atoms with Crippen molar-refractivity contribution in [3.63, 3.8) is 0 Å². The summed E-state index contributed by atoms with van der Waals surface area (Å²) in [6, 6.07) is 4.45. The molecule has 1 aliphatic rings. The average molecular weight is 607 g/mol. The zero-order valence-corrected chi connectivity index (χ0v) is 23.3. The first-order valence-electron chi connectivity index (χ1n) is 12.3. The predicted molar refractivity (Wildman–Crippen MR) is 144 cm³/mol. The Hall–Kier alpha value is -2.38. The van der Waals surface area contributed by atoms with Crippen LogP contribution >= 0.6 is 23.2 Å². The van der Waals surface area contributed by atoms with Crippen LogP contribution in [0.5, 0.6) is 0 Å². The van der Waals surface area contributed by atoms with Crippen LogP contribution in [0.3, 0.4) is 0 Å². The summed E-state index contributed by atoms with van der Waals surface area (Å²) in [5.74, 6) is -0.181. The van der Waals surface area contributed by atoms with Crippen molar-refractivity contribution in [2.45, 2.75) is 56.4 Å². The number of halogens is 5. The smallest absolute Gasteiger partial charge is 0.327 e. The van der Waals surface area contributed by atoms with Crippen LogP contribution in [0, 0.1) is 0 Å². The highest BCUT2D eigenvalue weighted by atomic mass is 35.5. The summed E-state index contributed by atoms with van der Waals surface area (Å²) >= 11 is 12.5. The Balaban J connectivity index is 1.88. The first kappa shape index (κ1) is 29.6. The van der Waals surface area contributed by atoms with E-state index >= 15 is 0 Å². The number of hydrogen-bond acceptors (Lipinski definition) is 6. The highest BCUT2D eigenvalue weighted by Crippen LogP contribution is 2.39. The number of rotatable bonds is 7. The van der Waals surface area contributed by atoms with E-state index in [4.69, 9.17) is 28.9 Å². The van der Waals surface area contributed by atoms with E-state index in [0.29, 0.717) is 36.6 Å². The molecule has 2 heterocycles. The summed E-state index contributed by atoms with van der Waals surface area (Å²) in [7, 11) is -3.77. The van der Waals surface area contributed by atoms with Gasteiger partial charge in [-0.2, -0.15) is 13.2 Å². The number of fused-ring (bicyclic) bond motifs is 1. The lowest BCUT2D eigenvalue weighted by Crippen LogP contribution is -2.42. The largest absolute Gasteiger partial charge is 0.416 e. The van der Waals surface area contributed by atoms with Crippen molar-refractivity contribution in [1.29, 1.82) is 0 Å². The number of nitrogens with one attached hydrogen (secondary N) is 1. The quantitative estimate of drug-likeness (QED) is 0.417. The molecule has 0 bridgehead atoms. The van der Waals surface area contributed by atoms with Gasteiger partial charge in [0.05, 0.1) is 38.7 Å². The maximum Gasteiger partial charge on any atom is 0.416 e. The molecule has 0 spiro atoms. The van der Waals surface area contributed by atoms with Gasteiger partial charge in [-0.1, -0.05) is 30.1 Å². The molecule has 1 aromatic heterocycles. The topological polar surface area (TPSA) is 118 Å². The lowest BCUT2D eigenvalue weighted by atomic mass is 10.0. The highest BCUT2D eigenvalue weighted by molar-refractivity contribution is 7.91. The summed E-state index contributed by atoms with van der Waals surface area (Å²) < 4.78 is 68.8. The van der Waals surface area contributed by atoms with Gasteiger partial charge in [0.25, 0.3) is 5.56 Å². The number of likely N-dealkylation sites (tertiary alicyclic amines) is 1. The van der Waals surface area contributed by atoms with Crippen LogP contribution in [0.1, 0.15) is 42.9 Å². The van der Waals surface area contributed by atoms with Gasteiger partial charge in [-0.3, -0.25) is 14.3 Å². The number of nitrogens with zero attached hydrogens (tertiary/aromatic N) is 2. The third-order valence-corrected chi connectivity index (χ3v) is 9.37. The predicted octanol–water partition coefficient (Wildman–Crippen LogP) is 4.17. The summed E-state index contributed by atoms with van der Waals surface area (Å²) in [4.78, 5) is 30.5. The zero-order chi connectivity index (χ0) is 28.7. The van der Waals surface area contributed by atoms with Crippen LogP contribution in [0.25, 0.3) is 10.9 Å². The van der Waals surface area contributed by atoms with Crippen LogP contribution in [-0.4, -0.2) is 47.8 Å². The van der Waals surface area contributed by atoms with E-state index < -0.39 is 44.8 Å². The molecule has 2 aromatic carbocycles. The fourth-order valence-electron chi connectivity index (χ4n) is 4.93. The van der Waals surface area contributed by atoms with Gasteiger partial charge in [0.1, 0.15) is 0 Å². The lowest BCUT2D eigenvalue weighted by molar-refractivity contribution is -0.138. The van der Waals surface area contributed by atoms with Gasteiger partial charge in [-0.05, 0) is 61.2 Å². The number of H-pyrrole nitrogens is 1. The molecule has 4 rings (SSSR count). The Morgan fingerprint density at radius 1 is 1.15 bits per heavy atom. The molecule has 0 aliphatic carbocycles. The number of aromatic amines is 1. The van der Waals surface area contributed by atoms with Crippen molar-refractivity contribution in [2.24, 2.45) is 5.73 Å². The number of piperidine rings is 1. The zero-order valence-electron chi connectivity index (χ0n) is 20.9. The van der Waals surface area contributed by atoms with Gasteiger partial charge in [0.15, 0.2) is 9.84 Å². The molecule has 0 radical (unpaired) electrons. The first-order chi connectivity index (χ1) is 18.2. The van der Waals surface area contributed by atoms with Gasteiger partial charge in [0, 0.05) is 24.2 Å². The van der Waals surface area contributed by atoms with E-state index in [9.17, 15) is 31.2 Å². The molecule has 1 aliphatic heterocycles. The van der Waals surface area contributed by atoms with Crippen LogP contribution < -0.4 is 17.0 Å². The van der Waals surface area contributed by atoms with Crippen LogP contribution in [0.15, 0.2) is 38.8 Å². The fraction of sp³-hybridized carbons (Fsp3) is 0.440. The van der Waals surface area contributed by atoms with Gasteiger partial charge >= 0.3 is 11.9 Å². The van der Waals surface area contributed by atoms with E-state index in [-0.39, 0.29) is 49.9 Å².